The third-order valence-electron chi connectivity index (χ3n) is 4.42. The van der Waals surface area contributed by atoms with E-state index in [0.29, 0.717) is 30.4 Å². The molecule has 0 saturated carbocycles. The number of rotatable bonds is 4. The maximum absolute atomic E-state index is 12.5. The molecule has 1 aliphatic rings. The second-order valence-electron chi connectivity index (χ2n) is 6.17. The Labute approximate surface area is 148 Å². The van der Waals surface area contributed by atoms with Crippen LogP contribution < -0.4 is 10.2 Å². The number of carbonyl (C=O) groups is 1. The van der Waals surface area contributed by atoms with E-state index in [2.05, 4.69) is 27.1 Å². The molecule has 2 aromatic rings. The number of ether oxygens (including phenoxy) is 1. The SMILES string of the molecule is CCc1ccc(C(=O)Nc2c(C)nc(N3CCOCC3)nc2C)cc1. The lowest BCUT2D eigenvalue weighted by Crippen LogP contribution is -2.37. The Bertz CT molecular complexity index is 730. The minimum Gasteiger partial charge on any atom is -0.378 e. The third kappa shape index (κ3) is 3.96. The van der Waals surface area contributed by atoms with Gasteiger partial charge in [0, 0.05) is 18.7 Å². The zero-order chi connectivity index (χ0) is 17.8. The number of amides is 1. The first kappa shape index (κ1) is 17.4. The fraction of sp³-hybridized carbons (Fsp3) is 0.421. The molecule has 1 aromatic carbocycles. The summed E-state index contributed by atoms with van der Waals surface area (Å²) in [5.74, 6) is 0.556. The monoisotopic (exact) mass is 340 g/mol. The minimum absolute atomic E-state index is 0.142. The van der Waals surface area contributed by atoms with Crippen LogP contribution in [0.25, 0.3) is 0 Å². The summed E-state index contributed by atoms with van der Waals surface area (Å²) in [4.78, 5) is 23.8. The molecule has 0 spiro atoms. The van der Waals surface area contributed by atoms with Gasteiger partial charge in [-0.3, -0.25) is 4.79 Å². The molecule has 0 bridgehead atoms. The van der Waals surface area contributed by atoms with Gasteiger partial charge in [-0.15, -0.1) is 0 Å². The fourth-order valence-corrected chi connectivity index (χ4v) is 2.86. The van der Waals surface area contributed by atoms with Crippen molar-refractivity contribution in [3.05, 3.63) is 46.8 Å². The second-order valence-corrected chi connectivity index (χ2v) is 6.17. The highest BCUT2D eigenvalue weighted by Gasteiger charge is 2.18. The van der Waals surface area contributed by atoms with Crippen molar-refractivity contribution in [1.82, 2.24) is 9.97 Å². The van der Waals surface area contributed by atoms with Gasteiger partial charge in [0.1, 0.15) is 0 Å². The van der Waals surface area contributed by atoms with Crippen molar-refractivity contribution in [3.63, 3.8) is 0 Å². The minimum atomic E-state index is -0.142. The summed E-state index contributed by atoms with van der Waals surface area (Å²) < 4.78 is 5.37. The van der Waals surface area contributed by atoms with E-state index in [1.165, 1.54) is 5.56 Å². The number of aromatic nitrogens is 2. The highest BCUT2D eigenvalue weighted by atomic mass is 16.5. The zero-order valence-electron chi connectivity index (χ0n) is 15.0. The molecule has 1 saturated heterocycles. The van der Waals surface area contributed by atoms with Crippen molar-refractivity contribution in [1.29, 1.82) is 0 Å². The molecule has 132 valence electrons. The molecule has 6 heteroatoms. The highest BCUT2D eigenvalue weighted by Crippen LogP contribution is 2.22. The molecule has 1 aromatic heterocycles. The number of carbonyl (C=O) groups excluding carboxylic acids is 1. The van der Waals surface area contributed by atoms with E-state index < -0.39 is 0 Å². The van der Waals surface area contributed by atoms with Crippen LogP contribution in [-0.2, 0) is 11.2 Å². The fourth-order valence-electron chi connectivity index (χ4n) is 2.86. The molecule has 1 fully saturated rings. The Hall–Kier alpha value is -2.47. The van der Waals surface area contributed by atoms with Gasteiger partial charge in [-0.2, -0.15) is 0 Å². The van der Waals surface area contributed by atoms with Crippen LogP contribution in [0.4, 0.5) is 11.6 Å². The van der Waals surface area contributed by atoms with Crippen LogP contribution in [0.1, 0.15) is 34.2 Å². The Morgan fingerprint density at radius 2 is 1.72 bits per heavy atom. The smallest absolute Gasteiger partial charge is 0.255 e. The van der Waals surface area contributed by atoms with Gasteiger partial charge in [0.15, 0.2) is 0 Å². The summed E-state index contributed by atoms with van der Waals surface area (Å²) in [5.41, 5.74) is 4.07. The van der Waals surface area contributed by atoms with Crippen molar-refractivity contribution in [2.24, 2.45) is 0 Å². The van der Waals surface area contributed by atoms with Crippen LogP contribution in [0.15, 0.2) is 24.3 Å². The number of nitrogens with zero attached hydrogens (tertiary/aromatic N) is 3. The second kappa shape index (κ2) is 7.61. The summed E-state index contributed by atoms with van der Waals surface area (Å²) >= 11 is 0. The lowest BCUT2D eigenvalue weighted by molar-refractivity contribution is 0.102. The highest BCUT2D eigenvalue weighted by molar-refractivity contribution is 6.04. The summed E-state index contributed by atoms with van der Waals surface area (Å²) in [5, 5.41) is 2.96. The molecule has 0 aliphatic carbocycles. The zero-order valence-corrected chi connectivity index (χ0v) is 15.0. The lowest BCUT2D eigenvalue weighted by Gasteiger charge is -2.27. The summed E-state index contributed by atoms with van der Waals surface area (Å²) in [7, 11) is 0. The van der Waals surface area contributed by atoms with Crippen LogP contribution in [0, 0.1) is 13.8 Å². The maximum Gasteiger partial charge on any atom is 0.255 e. The Morgan fingerprint density at radius 1 is 1.12 bits per heavy atom. The van der Waals surface area contributed by atoms with Gasteiger partial charge < -0.3 is 15.0 Å². The molecule has 1 N–H and O–H groups in total. The molecular formula is C19H24N4O2. The van der Waals surface area contributed by atoms with Crippen LogP contribution in [0.5, 0.6) is 0 Å². The van der Waals surface area contributed by atoms with E-state index in [4.69, 9.17) is 4.74 Å². The van der Waals surface area contributed by atoms with Gasteiger partial charge in [0.25, 0.3) is 5.91 Å². The predicted molar refractivity (Wildman–Crippen MR) is 98.3 cm³/mol. The van der Waals surface area contributed by atoms with Crippen LogP contribution >= 0.6 is 0 Å². The Kier molecular flexibility index (Phi) is 5.28. The van der Waals surface area contributed by atoms with Gasteiger partial charge in [0.05, 0.1) is 30.3 Å². The van der Waals surface area contributed by atoms with E-state index in [9.17, 15) is 4.79 Å². The van der Waals surface area contributed by atoms with Gasteiger partial charge in [-0.05, 0) is 38.0 Å². The summed E-state index contributed by atoms with van der Waals surface area (Å²) in [6, 6.07) is 7.66. The number of nitrogens with one attached hydrogen (secondary N) is 1. The molecule has 1 aliphatic heterocycles. The van der Waals surface area contributed by atoms with Crippen LogP contribution in [0.3, 0.4) is 0 Å². The number of aryl methyl sites for hydroxylation is 3. The Morgan fingerprint density at radius 3 is 2.28 bits per heavy atom. The number of hydrogen-bond donors (Lipinski definition) is 1. The van der Waals surface area contributed by atoms with Crippen molar-refractivity contribution in [3.8, 4) is 0 Å². The van der Waals surface area contributed by atoms with E-state index >= 15 is 0 Å². The molecule has 0 radical (unpaired) electrons. The number of hydrogen-bond acceptors (Lipinski definition) is 5. The standard InChI is InChI=1S/C19H24N4O2/c1-4-15-5-7-16(8-6-15)18(24)22-17-13(2)20-19(21-14(17)3)23-9-11-25-12-10-23/h5-8H,4,9-12H2,1-3H3,(H,22,24). The molecule has 25 heavy (non-hydrogen) atoms. The number of morpholine rings is 1. The normalized spacial score (nSPS) is 14.4. The van der Waals surface area contributed by atoms with Crippen molar-refractivity contribution >= 4 is 17.5 Å². The van der Waals surface area contributed by atoms with E-state index in [1.807, 2.05) is 38.1 Å². The van der Waals surface area contributed by atoms with Gasteiger partial charge >= 0.3 is 0 Å². The molecule has 3 rings (SSSR count). The topological polar surface area (TPSA) is 67.4 Å². The summed E-state index contributed by atoms with van der Waals surface area (Å²) in [6.45, 7) is 8.84. The van der Waals surface area contributed by atoms with Crippen molar-refractivity contribution in [2.45, 2.75) is 27.2 Å². The average molecular weight is 340 g/mol. The van der Waals surface area contributed by atoms with Gasteiger partial charge in [-0.25, -0.2) is 9.97 Å². The van der Waals surface area contributed by atoms with Crippen LogP contribution in [-0.4, -0.2) is 42.2 Å². The molecule has 6 nitrogen and oxygen atoms in total. The first-order chi connectivity index (χ1) is 12.1. The maximum atomic E-state index is 12.5. The van der Waals surface area contributed by atoms with Crippen molar-refractivity contribution < 1.29 is 9.53 Å². The first-order valence-corrected chi connectivity index (χ1v) is 8.66. The molecular weight excluding hydrogens is 316 g/mol. The quantitative estimate of drug-likeness (QED) is 0.927. The largest absolute Gasteiger partial charge is 0.378 e. The molecule has 0 atom stereocenters. The van der Waals surface area contributed by atoms with Crippen LogP contribution in [0.2, 0.25) is 0 Å². The van der Waals surface area contributed by atoms with E-state index in [1.54, 1.807) is 0 Å². The predicted octanol–water partition coefficient (Wildman–Crippen LogP) is 2.74. The summed E-state index contributed by atoms with van der Waals surface area (Å²) in [6.07, 6.45) is 0.955. The average Bonchev–Trinajstić information content (AvgIpc) is 2.65. The van der Waals surface area contributed by atoms with E-state index in [0.717, 1.165) is 30.9 Å². The van der Waals surface area contributed by atoms with Gasteiger partial charge in [0.2, 0.25) is 5.95 Å². The number of anilines is 2. The molecule has 1 amide bonds. The Balaban J connectivity index is 1.78. The third-order valence-corrected chi connectivity index (χ3v) is 4.42. The van der Waals surface area contributed by atoms with E-state index in [-0.39, 0.29) is 5.91 Å². The lowest BCUT2D eigenvalue weighted by atomic mass is 10.1. The van der Waals surface area contributed by atoms with Crippen molar-refractivity contribution in [2.75, 3.05) is 36.5 Å². The molecule has 0 unspecified atom stereocenters. The number of benzene rings is 1. The van der Waals surface area contributed by atoms with Gasteiger partial charge in [-0.1, -0.05) is 19.1 Å². The molecule has 2 heterocycles. The first-order valence-electron chi connectivity index (χ1n) is 8.66.